The summed E-state index contributed by atoms with van der Waals surface area (Å²) in [6.07, 6.45) is -2.83. The summed E-state index contributed by atoms with van der Waals surface area (Å²) >= 11 is 0. The molecule has 0 aromatic heterocycles. The molecule has 1 aliphatic heterocycles. The van der Waals surface area contributed by atoms with Gasteiger partial charge in [-0.3, -0.25) is 0 Å². The molecule has 0 bridgehead atoms. The fourth-order valence-corrected chi connectivity index (χ4v) is 2.92. The Bertz CT molecular complexity index is 542. The van der Waals surface area contributed by atoms with Crippen LogP contribution in [0.5, 0.6) is 0 Å². The van der Waals surface area contributed by atoms with E-state index >= 15 is 0 Å². The fraction of sp³-hybridized carbons (Fsp3) is 0.533. The van der Waals surface area contributed by atoms with Crippen LogP contribution in [0.25, 0.3) is 0 Å². The van der Waals surface area contributed by atoms with Crippen LogP contribution in [0.1, 0.15) is 42.6 Å². The van der Waals surface area contributed by atoms with Crippen LogP contribution in [0, 0.1) is 5.92 Å². The van der Waals surface area contributed by atoms with Gasteiger partial charge in [0.05, 0.1) is 11.1 Å². The van der Waals surface area contributed by atoms with Gasteiger partial charge in [0.15, 0.2) is 0 Å². The first-order valence-corrected chi connectivity index (χ1v) is 6.91. The maximum Gasteiger partial charge on any atom is 0.417 e. The van der Waals surface area contributed by atoms with Crippen molar-refractivity contribution in [2.75, 3.05) is 11.4 Å². The molecule has 0 aliphatic carbocycles. The molecular formula is C15H18F3NO2. The number of piperidine rings is 1. The highest BCUT2D eigenvalue weighted by molar-refractivity contribution is 5.90. The van der Waals surface area contributed by atoms with Crippen LogP contribution in [0.15, 0.2) is 18.2 Å². The molecule has 1 fully saturated rings. The molecule has 21 heavy (non-hydrogen) atoms. The second kappa shape index (κ2) is 5.58. The average molecular weight is 301 g/mol. The minimum absolute atomic E-state index is 0.144. The molecule has 1 N–H and O–H groups in total. The predicted molar refractivity (Wildman–Crippen MR) is 73.6 cm³/mol. The largest absolute Gasteiger partial charge is 0.478 e. The van der Waals surface area contributed by atoms with Crippen molar-refractivity contribution in [3.8, 4) is 0 Å². The first-order valence-electron chi connectivity index (χ1n) is 6.91. The predicted octanol–water partition coefficient (Wildman–Crippen LogP) is 4.03. The molecule has 0 spiro atoms. The zero-order valence-electron chi connectivity index (χ0n) is 11.9. The molecule has 1 heterocycles. The molecule has 1 saturated heterocycles. The van der Waals surface area contributed by atoms with Crippen molar-refractivity contribution in [3.05, 3.63) is 29.3 Å². The van der Waals surface area contributed by atoms with Crippen LogP contribution in [-0.2, 0) is 6.18 Å². The molecule has 6 heteroatoms. The van der Waals surface area contributed by atoms with Gasteiger partial charge in [-0.25, -0.2) is 4.79 Å². The Morgan fingerprint density at radius 3 is 2.52 bits per heavy atom. The zero-order chi connectivity index (χ0) is 15.8. The smallest absolute Gasteiger partial charge is 0.417 e. The molecule has 1 aromatic rings. The quantitative estimate of drug-likeness (QED) is 0.896. The number of benzene rings is 1. The summed E-state index contributed by atoms with van der Waals surface area (Å²) in [5.41, 5.74) is -1.35. The lowest BCUT2D eigenvalue weighted by Crippen LogP contribution is -2.40. The van der Waals surface area contributed by atoms with Crippen molar-refractivity contribution in [2.24, 2.45) is 5.92 Å². The Labute approximate surface area is 121 Å². The molecular weight excluding hydrogens is 283 g/mol. The summed E-state index contributed by atoms with van der Waals surface area (Å²) in [4.78, 5) is 12.9. The Hall–Kier alpha value is -1.72. The van der Waals surface area contributed by atoms with Gasteiger partial charge in [0.2, 0.25) is 0 Å². The van der Waals surface area contributed by atoms with Crippen LogP contribution < -0.4 is 4.90 Å². The Kier molecular flexibility index (Phi) is 4.16. The number of carbonyl (C=O) groups is 1. The number of rotatable bonds is 2. The lowest BCUT2D eigenvalue weighted by atomic mass is 9.92. The van der Waals surface area contributed by atoms with Crippen LogP contribution in [0.3, 0.4) is 0 Å². The van der Waals surface area contributed by atoms with E-state index in [1.165, 1.54) is 6.07 Å². The van der Waals surface area contributed by atoms with E-state index in [1.54, 1.807) is 0 Å². The van der Waals surface area contributed by atoms with Crippen LogP contribution in [0.4, 0.5) is 18.9 Å². The van der Waals surface area contributed by atoms with Crippen molar-refractivity contribution in [1.29, 1.82) is 0 Å². The molecule has 3 nitrogen and oxygen atoms in total. The van der Waals surface area contributed by atoms with Gasteiger partial charge < -0.3 is 10.0 Å². The highest BCUT2D eigenvalue weighted by atomic mass is 19.4. The van der Waals surface area contributed by atoms with E-state index in [-0.39, 0.29) is 6.04 Å². The second-order valence-electron chi connectivity index (χ2n) is 5.70. The van der Waals surface area contributed by atoms with Gasteiger partial charge in [0, 0.05) is 18.3 Å². The van der Waals surface area contributed by atoms with E-state index in [4.69, 9.17) is 5.11 Å². The molecule has 2 atom stereocenters. The van der Waals surface area contributed by atoms with Gasteiger partial charge in [-0.2, -0.15) is 13.2 Å². The maximum absolute atomic E-state index is 13.0. The van der Waals surface area contributed by atoms with Gasteiger partial charge >= 0.3 is 12.1 Å². The number of alkyl halides is 3. The monoisotopic (exact) mass is 301 g/mol. The van der Waals surface area contributed by atoms with E-state index in [0.717, 1.165) is 25.0 Å². The standard InChI is InChI=1S/C15H18F3NO2/c1-9-5-6-19(10(2)7-9)11-3-4-12(14(20)21)13(8-11)15(16,17)18/h3-4,8-10H,5-7H2,1-2H3,(H,20,21). The summed E-state index contributed by atoms with van der Waals surface area (Å²) in [5.74, 6) is -1.01. The van der Waals surface area contributed by atoms with Gasteiger partial charge in [-0.15, -0.1) is 0 Å². The lowest BCUT2D eigenvalue weighted by Gasteiger charge is -2.38. The Morgan fingerprint density at radius 1 is 1.33 bits per heavy atom. The first-order chi connectivity index (χ1) is 9.70. The van der Waals surface area contributed by atoms with Crippen LogP contribution in [0.2, 0.25) is 0 Å². The SMILES string of the molecule is CC1CCN(c2ccc(C(=O)O)c(C(F)(F)F)c2)C(C)C1. The molecule has 2 rings (SSSR count). The third kappa shape index (κ3) is 3.31. The highest BCUT2D eigenvalue weighted by Gasteiger charge is 2.36. The molecule has 0 radical (unpaired) electrons. The molecule has 1 aliphatic rings. The normalized spacial score (nSPS) is 23.2. The van der Waals surface area contributed by atoms with E-state index in [9.17, 15) is 18.0 Å². The molecule has 0 amide bonds. The molecule has 0 saturated carbocycles. The number of hydrogen-bond donors (Lipinski definition) is 1. The van der Waals surface area contributed by atoms with E-state index in [1.807, 2.05) is 11.8 Å². The van der Waals surface area contributed by atoms with Gasteiger partial charge in [-0.05, 0) is 43.9 Å². The topological polar surface area (TPSA) is 40.5 Å². The van der Waals surface area contributed by atoms with Crippen molar-refractivity contribution < 1.29 is 23.1 Å². The number of carboxylic acids is 1. The average Bonchev–Trinajstić information content (AvgIpc) is 2.37. The minimum atomic E-state index is -4.67. The van der Waals surface area contributed by atoms with Crippen LogP contribution >= 0.6 is 0 Å². The summed E-state index contributed by atoms with van der Waals surface area (Å²) in [5, 5.41) is 8.90. The number of nitrogens with zero attached hydrogens (tertiary/aromatic N) is 1. The van der Waals surface area contributed by atoms with Crippen molar-refractivity contribution >= 4 is 11.7 Å². The summed E-state index contributed by atoms with van der Waals surface area (Å²) in [6, 6.07) is 3.61. The number of hydrogen-bond acceptors (Lipinski definition) is 2. The Morgan fingerprint density at radius 2 is 2.00 bits per heavy atom. The van der Waals surface area contributed by atoms with Crippen molar-refractivity contribution in [3.63, 3.8) is 0 Å². The fourth-order valence-electron chi connectivity index (χ4n) is 2.92. The van der Waals surface area contributed by atoms with Gasteiger partial charge in [0.25, 0.3) is 0 Å². The van der Waals surface area contributed by atoms with E-state index < -0.39 is 23.3 Å². The van der Waals surface area contributed by atoms with E-state index in [2.05, 4.69) is 6.92 Å². The molecule has 2 unspecified atom stereocenters. The maximum atomic E-state index is 13.0. The summed E-state index contributed by atoms with van der Waals surface area (Å²) in [6.45, 7) is 4.79. The lowest BCUT2D eigenvalue weighted by molar-refractivity contribution is -0.138. The number of carboxylic acid groups (broad SMARTS) is 1. The van der Waals surface area contributed by atoms with E-state index in [0.29, 0.717) is 18.2 Å². The third-order valence-electron chi connectivity index (χ3n) is 4.01. The zero-order valence-corrected chi connectivity index (χ0v) is 11.9. The second-order valence-corrected chi connectivity index (χ2v) is 5.70. The van der Waals surface area contributed by atoms with Crippen LogP contribution in [-0.4, -0.2) is 23.7 Å². The van der Waals surface area contributed by atoms with Crippen molar-refractivity contribution in [1.82, 2.24) is 0 Å². The van der Waals surface area contributed by atoms with Crippen molar-refractivity contribution in [2.45, 2.75) is 38.9 Å². The molecule has 116 valence electrons. The number of anilines is 1. The third-order valence-corrected chi connectivity index (χ3v) is 4.01. The highest BCUT2D eigenvalue weighted by Crippen LogP contribution is 2.36. The Balaban J connectivity index is 2.40. The number of halogens is 3. The summed E-state index contributed by atoms with van der Waals surface area (Å²) < 4.78 is 39.1. The number of aromatic carboxylic acids is 1. The first kappa shape index (κ1) is 15.7. The minimum Gasteiger partial charge on any atom is -0.478 e. The summed E-state index contributed by atoms with van der Waals surface area (Å²) in [7, 11) is 0. The van der Waals surface area contributed by atoms with Gasteiger partial charge in [-0.1, -0.05) is 6.92 Å². The molecule has 1 aromatic carbocycles. The van der Waals surface area contributed by atoms with Gasteiger partial charge in [0.1, 0.15) is 0 Å².